The minimum atomic E-state index is -4.94. The molecule has 3 heterocycles. The van der Waals surface area contributed by atoms with Crippen LogP contribution in [0.5, 0.6) is 0 Å². The highest BCUT2D eigenvalue weighted by atomic mass is 32.3. The lowest BCUT2D eigenvalue weighted by molar-refractivity contribution is -0.196. The van der Waals surface area contributed by atoms with E-state index in [0.717, 1.165) is 17.5 Å². The quantitative estimate of drug-likeness (QED) is 0.115. The molecular formula is C15H18N6O10S2. The van der Waals surface area contributed by atoms with Crippen molar-refractivity contribution in [1.29, 1.82) is 0 Å². The van der Waals surface area contributed by atoms with Crippen molar-refractivity contribution >= 4 is 50.2 Å². The van der Waals surface area contributed by atoms with Gasteiger partial charge in [0, 0.05) is 11.8 Å². The molecule has 0 aromatic carbocycles. The highest BCUT2D eigenvalue weighted by Gasteiger charge is 2.49. The number of aliphatic hydroxyl groups is 1. The minimum Gasteiger partial charge on any atom is -0.503 e. The van der Waals surface area contributed by atoms with Crippen molar-refractivity contribution in [3.63, 3.8) is 0 Å². The number of nitrogens with two attached hydrogens (primary N) is 1. The van der Waals surface area contributed by atoms with E-state index in [4.69, 9.17) is 15.1 Å². The number of oxime groups is 1. The van der Waals surface area contributed by atoms with Crippen molar-refractivity contribution in [1.82, 2.24) is 20.4 Å². The molecule has 1 saturated heterocycles. The van der Waals surface area contributed by atoms with Gasteiger partial charge in [-0.15, -0.1) is 15.6 Å². The number of rotatable bonds is 8. The summed E-state index contributed by atoms with van der Waals surface area (Å²) in [5, 5.41) is 27.5. The fourth-order valence-electron chi connectivity index (χ4n) is 2.83. The van der Waals surface area contributed by atoms with Gasteiger partial charge in [0.2, 0.25) is 5.78 Å². The Morgan fingerprint density at radius 3 is 2.73 bits per heavy atom. The molecular weight excluding hydrogens is 488 g/mol. The molecule has 0 aliphatic carbocycles. The van der Waals surface area contributed by atoms with Crippen LogP contribution in [0.15, 0.2) is 22.5 Å². The molecule has 1 aromatic heterocycles. The fraction of sp³-hybridized carbons (Fsp3) is 0.400. The van der Waals surface area contributed by atoms with Gasteiger partial charge < -0.3 is 21.0 Å². The molecule has 16 nitrogen and oxygen atoms in total. The van der Waals surface area contributed by atoms with E-state index in [2.05, 4.69) is 19.7 Å². The van der Waals surface area contributed by atoms with Crippen LogP contribution in [0.25, 0.3) is 0 Å². The number of hydrogen-bond donors (Lipinski definition) is 5. The molecule has 1 unspecified atom stereocenters. The van der Waals surface area contributed by atoms with Crippen LogP contribution in [0.2, 0.25) is 0 Å². The van der Waals surface area contributed by atoms with E-state index in [1.54, 1.807) is 0 Å². The van der Waals surface area contributed by atoms with Crippen LogP contribution in [0.1, 0.15) is 19.0 Å². The molecule has 6 N–H and O–H groups in total. The Morgan fingerprint density at radius 1 is 1.45 bits per heavy atom. The van der Waals surface area contributed by atoms with Crippen LogP contribution in [0, 0.1) is 0 Å². The van der Waals surface area contributed by atoms with E-state index in [1.807, 2.05) is 0 Å². The van der Waals surface area contributed by atoms with E-state index in [9.17, 15) is 33.1 Å². The van der Waals surface area contributed by atoms with Crippen molar-refractivity contribution in [3.8, 4) is 0 Å². The Labute approximate surface area is 189 Å². The third kappa shape index (κ3) is 5.54. The Hall–Kier alpha value is -3.32. The van der Waals surface area contributed by atoms with Crippen LogP contribution in [-0.4, -0.2) is 86.4 Å². The lowest BCUT2D eigenvalue weighted by Crippen LogP contribution is -2.70. The number of hydrogen-bond acceptors (Lipinski definition) is 14. The predicted octanol–water partition coefficient (Wildman–Crippen LogP) is -1.67. The number of amides is 2. The maximum atomic E-state index is 12.7. The Kier molecular flexibility index (Phi) is 6.84. The molecule has 180 valence electrons. The SMILES string of the molecule is C[C@H]1[C@H](NC(=O)/C(=N\OCC2CC(=O)C(O)=CN2O)c2csc(N)n2)C(=O)N1OS(=O)(=O)O. The Morgan fingerprint density at radius 2 is 2.15 bits per heavy atom. The van der Waals surface area contributed by atoms with Crippen molar-refractivity contribution in [2.45, 2.75) is 31.5 Å². The molecule has 1 fully saturated rings. The average molecular weight is 506 g/mol. The third-order valence-electron chi connectivity index (χ3n) is 4.53. The third-order valence-corrected chi connectivity index (χ3v) is 5.56. The van der Waals surface area contributed by atoms with Crippen LogP contribution < -0.4 is 11.1 Å². The number of nitrogens with one attached hydrogen (secondary N) is 1. The second-order valence-corrected chi connectivity index (χ2v) is 8.73. The first kappa shape index (κ1) is 24.3. The van der Waals surface area contributed by atoms with Crippen LogP contribution in [0.4, 0.5) is 5.13 Å². The zero-order valence-corrected chi connectivity index (χ0v) is 18.3. The molecule has 0 spiro atoms. The summed E-state index contributed by atoms with van der Waals surface area (Å²) in [5.41, 5.74) is 5.18. The Bertz CT molecular complexity index is 1130. The van der Waals surface area contributed by atoms with Gasteiger partial charge in [0.1, 0.15) is 18.3 Å². The summed E-state index contributed by atoms with van der Waals surface area (Å²) in [5.74, 6) is -3.14. The number of allylic oxidation sites excluding steroid dienone is 1. The van der Waals surface area contributed by atoms with Crippen LogP contribution in [0.3, 0.4) is 0 Å². The topological polar surface area (TPSA) is 234 Å². The number of carbonyl (C=O) groups excluding carboxylic acids is 3. The van der Waals surface area contributed by atoms with Gasteiger partial charge in [0.15, 0.2) is 16.6 Å². The summed E-state index contributed by atoms with van der Waals surface area (Å²) in [6.07, 6.45) is 0.527. The summed E-state index contributed by atoms with van der Waals surface area (Å²) >= 11 is 0.991. The number of nitrogens with zero attached hydrogens (tertiary/aromatic N) is 4. The van der Waals surface area contributed by atoms with Gasteiger partial charge in [-0.3, -0.25) is 29.2 Å². The predicted molar refractivity (Wildman–Crippen MR) is 108 cm³/mol. The van der Waals surface area contributed by atoms with E-state index in [1.165, 1.54) is 12.3 Å². The number of ketones is 1. The fourth-order valence-corrected chi connectivity index (χ4v) is 3.79. The van der Waals surface area contributed by atoms with Gasteiger partial charge in [-0.25, -0.2) is 4.98 Å². The lowest BCUT2D eigenvalue weighted by atomic mass is 10.00. The molecule has 0 radical (unpaired) electrons. The molecule has 2 aliphatic rings. The number of thiazole rings is 1. The summed E-state index contributed by atoms with van der Waals surface area (Å²) < 4.78 is 34.4. The number of β-lactam (4-membered cyclic amide) rings is 1. The number of aliphatic hydroxyl groups excluding tert-OH is 1. The molecule has 3 atom stereocenters. The molecule has 1 aromatic rings. The second-order valence-electron chi connectivity index (χ2n) is 6.84. The van der Waals surface area contributed by atoms with Crippen LogP contribution in [-0.2, 0) is 33.9 Å². The maximum absolute atomic E-state index is 12.7. The summed E-state index contributed by atoms with van der Waals surface area (Å²) in [6.45, 7) is 0.988. The van der Waals surface area contributed by atoms with Gasteiger partial charge in [-0.1, -0.05) is 5.16 Å². The van der Waals surface area contributed by atoms with Gasteiger partial charge >= 0.3 is 10.4 Å². The van der Waals surface area contributed by atoms with Gasteiger partial charge in [-0.05, 0) is 6.92 Å². The summed E-state index contributed by atoms with van der Waals surface area (Å²) in [4.78, 5) is 45.4. The first-order valence-electron chi connectivity index (χ1n) is 9.01. The van der Waals surface area contributed by atoms with Gasteiger partial charge in [-0.2, -0.15) is 13.5 Å². The van der Waals surface area contributed by atoms with E-state index < -0.39 is 57.6 Å². The first-order chi connectivity index (χ1) is 15.4. The normalized spacial score (nSPS) is 23.8. The monoisotopic (exact) mass is 506 g/mol. The van der Waals surface area contributed by atoms with Crippen molar-refractivity contribution < 1.29 is 46.8 Å². The minimum absolute atomic E-state index is 0.00131. The number of aromatic nitrogens is 1. The summed E-state index contributed by atoms with van der Waals surface area (Å²) in [6, 6.07) is -3.07. The van der Waals surface area contributed by atoms with E-state index in [-0.39, 0.29) is 23.9 Å². The van der Waals surface area contributed by atoms with E-state index >= 15 is 0 Å². The molecule has 33 heavy (non-hydrogen) atoms. The average Bonchev–Trinajstić information content (AvgIpc) is 3.16. The summed E-state index contributed by atoms with van der Waals surface area (Å²) in [7, 11) is -4.94. The number of nitrogen functional groups attached to an aromatic ring is 1. The second kappa shape index (κ2) is 9.27. The molecule has 18 heteroatoms. The molecule has 3 rings (SSSR count). The van der Waals surface area contributed by atoms with Crippen molar-refractivity contribution in [2.75, 3.05) is 12.3 Å². The smallest absolute Gasteiger partial charge is 0.418 e. The molecule has 2 aliphatic heterocycles. The largest absolute Gasteiger partial charge is 0.503 e. The highest BCUT2D eigenvalue weighted by molar-refractivity contribution is 7.80. The van der Waals surface area contributed by atoms with Gasteiger partial charge in [0.25, 0.3) is 11.8 Å². The standard InChI is InChI=1S/C15H18N6O10S2/c1-6-11(14(25)21(6)31-33(27,28)29)18-13(24)12(8-5-32-15(16)17-8)19-30-4-7-2-9(22)10(23)3-20(7)26/h3,5-7,11,23,26H,2,4H2,1H3,(H2,16,17)(H,18,24)(H,27,28,29)/b19-12-/t6-,7?,11-/m0/s1. The van der Waals surface area contributed by atoms with Crippen molar-refractivity contribution in [3.05, 3.63) is 23.0 Å². The Balaban J connectivity index is 1.70. The maximum Gasteiger partial charge on any atom is 0.418 e. The number of carbonyl (C=O) groups is 3. The molecule has 0 saturated carbocycles. The molecule has 2 amide bonds. The number of hydroxylamine groups is 4. The zero-order chi connectivity index (χ0) is 24.5. The lowest BCUT2D eigenvalue weighted by Gasteiger charge is -2.42. The highest BCUT2D eigenvalue weighted by Crippen LogP contribution is 2.22. The zero-order valence-electron chi connectivity index (χ0n) is 16.7. The number of Topliss-reactive ketones (excluding diaryl/α,β-unsaturated/α-hetero) is 1. The van der Waals surface area contributed by atoms with Gasteiger partial charge in [0.05, 0.1) is 18.3 Å². The van der Waals surface area contributed by atoms with E-state index in [0.29, 0.717) is 10.1 Å². The first-order valence-corrected chi connectivity index (χ1v) is 11.3. The van der Waals surface area contributed by atoms with Crippen molar-refractivity contribution in [2.24, 2.45) is 5.16 Å². The molecule has 0 bridgehead atoms. The number of anilines is 1. The van der Waals surface area contributed by atoms with Crippen LogP contribution >= 0.6 is 11.3 Å².